The van der Waals surface area contributed by atoms with Gasteiger partial charge in [0.1, 0.15) is 5.75 Å². The molecule has 0 spiro atoms. The molecule has 0 saturated carbocycles. The molecule has 1 heterocycles. The molecular weight excluding hydrogens is 252 g/mol. The normalized spacial score (nSPS) is 11.8. The van der Waals surface area contributed by atoms with Crippen LogP contribution in [0.15, 0.2) is 42.6 Å². The van der Waals surface area contributed by atoms with Gasteiger partial charge in [-0.2, -0.15) is 0 Å². The topological polar surface area (TPSA) is 43.4 Å². The van der Waals surface area contributed by atoms with Crippen LogP contribution in [0.5, 0.6) is 11.6 Å². The van der Waals surface area contributed by atoms with Gasteiger partial charge in [0.25, 0.3) is 0 Å². The molecule has 4 nitrogen and oxygen atoms in total. The van der Waals surface area contributed by atoms with E-state index in [4.69, 9.17) is 9.47 Å². The molecule has 0 fully saturated rings. The molecule has 106 valence electrons. The second-order valence-electron chi connectivity index (χ2n) is 4.46. The smallest absolute Gasteiger partial charge is 0.213 e. The SMILES string of the molecule is CCOc1ccc(NC(C)c2ccc(OC)cc2)cn1. The van der Waals surface area contributed by atoms with Gasteiger partial charge in [0.15, 0.2) is 0 Å². The highest BCUT2D eigenvalue weighted by molar-refractivity contribution is 5.45. The number of anilines is 1. The second-order valence-corrected chi connectivity index (χ2v) is 4.46. The molecule has 2 rings (SSSR count). The van der Waals surface area contributed by atoms with E-state index >= 15 is 0 Å². The fourth-order valence-corrected chi connectivity index (χ4v) is 1.92. The fraction of sp³-hybridized carbons (Fsp3) is 0.312. The van der Waals surface area contributed by atoms with Gasteiger partial charge in [-0.25, -0.2) is 4.98 Å². The Hall–Kier alpha value is -2.23. The van der Waals surface area contributed by atoms with Crippen molar-refractivity contribution >= 4 is 5.69 Å². The van der Waals surface area contributed by atoms with Crippen molar-refractivity contribution in [1.29, 1.82) is 0 Å². The first-order valence-corrected chi connectivity index (χ1v) is 6.72. The highest BCUT2D eigenvalue weighted by atomic mass is 16.5. The Morgan fingerprint density at radius 2 is 1.90 bits per heavy atom. The molecule has 0 aliphatic carbocycles. The van der Waals surface area contributed by atoms with E-state index in [1.807, 2.05) is 31.2 Å². The van der Waals surface area contributed by atoms with E-state index in [0.29, 0.717) is 12.5 Å². The molecule has 20 heavy (non-hydrogen) atoms. The number of rotatable bonds is 6. The van der Waals surface area contributed by atoms with E-state index in [1.165, 1.54) is 5.56 Å². The van der Waals surface area contributed by atoms with Gasteiger partial charge in [-0.05, 0) is 37.6 Å². The molecule has 0 saturated heterocycles. The van der Waals surface area contributed by atoms with Gasteiger partial charge in [-0.15, -0.1) is 0 Å². The second kappa shape index (κ2) is 6.80. The fourth-order valence-electron chi connectivity index (χ4n) is 1.92. The number of nitrogens with one attached hydrogen (secondary N) is 1. The van der Waals surface area contributed by atoms with Gasteiger partial charge in [-0.1, -0.05) is 12.1 Å². The van der Waals surface area contributed by atoms with E-state index < -0.39 is 0 Å². The van der Waals surface area contributed by atoms with Crippen molar-refractivity contribution in [2.45, 2.75) is 19.9 Å². The summed E-state index contributed by atoms with van der Waals surface area (Å²) >= 11 is 0. The number of hydrogen-bond donors (Lipinski definition) is 1. The number of aromatic nitrogens is 1. The average molecular weight is 272 g/mol. The predicted molar refractivity (Wildman–Crippen MR) is 80.4 cm³/mol. The number of nitrogens with zero attached hydrogens (tertiary/aromatic N) is 1. The Bertz CT molecular complexity index is 523. The third kappa shape index (κ3) is 3.63. The summed E-state index contributed by atoms with van der Waals surface area (Å²) in [6, 6.07) is 12.1. The van der Waals surface area contributed by atoms with Crippen LogP contribution in [-0.2, 0) is 0 Å². The Labute approximate surface area is 119 Å². The van der Waals surface area contributed by atoms with Crippen LogP contribution in [0.4, 0.5) is 5.69 Å². The van der Waals surface area contributed by atoms with Crippen molar-refractivity contribution in [1.82, 2.24) is 4.98 Å². The van der Waals surface area contributed by atoms with E-state index in [2.05, 4.69) is 29.4 Å². The Morgan fingerprint density at radius 3 is 2.45 bits per heavy atom. The first-order valence-electron chi connectivity index (χ1n) is 6.72. The van der Waals surface area contributed by atoms with E-state index in [-0.39, 0.29) is 6.04 Å². The third-order valence-corrected chi connectivity index (χ3v) is 3.03. The van der Waals surface area contributed by atoms with Gasteiger partial charge in [0, 0.05) is 12.1 Å². The molecule has 1 aromatic carbocycles. The maximum absolute atomic E-state index is 5.32. The van der Waals surface area contributed by atoms with Crippen LogP contribution < -0.4 is 14.8 Å². The minimum atomic E-state index is 0.195. The number of pyridine rings is 1. The van der Waals surface area contributed by atoms with Crippen molar-refractivity contribution in [2.75, 3.05) is 19.0 Å². The molecule has 1 aromatic heterocycles. The summed E-state index contributed by atoms with van der Waals surface area (Å²) in [5.74, 6) is 1.51. The molecular formula is C16H20N2O2. The highest BCUT2D eigenvalue weighted by Gasteiger charge is 2.06. The largest absolute Gasteiger partial charge is 0.497 e. The zero-order valence-corrected chi connectivity index (χ0v) is 12.1. The summed E-state index contributed by atoms with van der Waals surface area (Å²) < 4.78 is 10.5. The molecule has 0 amide bonds. The summed E-state index contributed by atoms with van der Waals surface area (Å²) in [7, 11) is 1.67. The lowest BCUT2D eigenvalue weighted by atomic mass is 10.1. The predicted octanol–water partition coefficient (Wildman–Crippen LogP) is 3.66. The maximum atomic E-state index is 5.32. The zero-order valence-electron chi connectivity index (χ0n) is 12.1. The molecule has 1 atom stereocenters. The van der Waals surface area contributed by atoms with Gasteiger partial charge in [0.05, 0.1) is 25.6 Å². The van der Waals surface area contributed by atoms with Gasteiger partial charge in [0.2, 0.25) is 5.88 Å². The van der Waals surface area contributed by atoms with E-state index in [0.717, 1.165) is 11.4 Å². The van der Waals surface area contributed by atoms with Crippen LogP contribution in [0, 0.1) is 0 Å². The van der Waals surface area contributed by atoms with Crippen molar-refractivity contribution in [3.05, 3.63) is 48.2 Å². The number of benzene rings is 1. The lowest BCUT2D eigenvalue weighted by Gasteiger charge is -2.16. The Kier molecular flexibility index (Phi) is 4.82. The molecule has 1 unspecified atom stereocenters. The average Bonchev–Trinajstić information content (AvgIpc) is 2.49. The summed E-state index contributed by atoms with van der Waals surface area (Å²) in [6.07, 6.45) is 1.78. The minimum absolute atomic E-state index is 0.195. The third-order valence-electron chi connectivity index (χ3n) is 3.03. The van der Waals surface area contributed by atoms with Crippen LogP contribution >= 0.6 is 0 Å². The summed E-state index contributed by atoms with van der Waals surface area (Å²) in [6.45, 7) is 4.68. The molecule has 0 aliphatic rings. The van der Waals surface area contributed by atoms with Crippen LogP contribution in [0.1, 0.15) is 25.5 Å². The molecule has 0 bridgehead atoms. The lowest BCUT2D eigenvalue weighted by Crippen LogP contribution is -2.07. The van der Waals surface area contributed by atoms with Crippen molar-refractivity contribution in [3.8, 4) is 11.6 Å². The summed E-state index contributed by atoms with van der Waals surface area (Å²) in [5, 5.41) is 3.41. The van der Waals surface area contributed by atoms with E-state index in [9.17, 15) is 0 Å². The molecule has 0 radical (unpaired) electrons. The van der Waals surface area contributed by atoms with Crippen LogP contribution in [0.3, 0.4) is 0 Å². The van der Waals surface area contributed by atoms with Crippen molar-refractivity contribution in [3.63, 3.8) is 0 Å². The van der Waals surface area contributed by atoms with Crippen LogP contribution in [0.2, 0.25) is 0 Å². The van der Waals surface area contributed by atoms with Gasteiger partial charge >= 0.3 is 0 Å². The minimum Gasteiger partial charge on any atom is -0.497 e. The molecule has 4 heteroatoms. The molecule has 1 N–H and O–H groups in total. The number of hydrogen-bond acceptors (Lipinski definition) is 4. The number of ether oxygens (including phenoxy) is 2. The van der Waals surface area contributed by atoms with Crippen molar-refractivity contribution in [2.24, 2.45) is 0 Å². The first kappa shape index (κ1) is 14.2. The van der Waals surface area contributed by atoms with Gasteiger partial charge < -0.3 is 14.8 Å². The quantitative estimate of drug-likeness (QED) is 0.871. The summed E-state index contributed by atoms with van der Waals surface area (Å²) in [5.41, 5.74) is 2.16. The van der Waals surface area contributed by atoms with E-state index in [1.54, 1.807) is 13.3 Å². The summed E-state index contributed by atoms with van der Waals surface area (Å²) in [4.78, 5) is 4.24. The molecule has 2 aromatic rings. The van der Waals surface area contributed by atoms with Crippen LogP contribution in [-0.4, -0.2) is 18.7 Å². The highest BCUT2D eigenvalue weighted by Crippen LogP contribution is 2.22. The number of methoxy groups -OCH3 is 1. The van der Waals surface area contributed by atoms with Crippen molar-refractivity contribution < 1.29 is 9.47 Å². The maximum Gasteiger partial charge on any atom is 0.213 e. The van der Waals surface area contributed by atoms with Crippen LogP contribution in [0.25, 0.3) is 0 Å². The molecule has 0 aliphatic heterocycles. The zero-order chi connectivity index (χ0) is 14.4. The lowest BCUT2D eigenvalue weighted by molar-refractivity contribution is 0.327. The Morgan fingerprint density at radius 1 is 1.15 bits per heavy atom. The van der Waals surface area contributed by atoms with Gasteiger partial charge in [-0.3, -0.25) is 0 Å². The first-order chi connectivity index (χ1) is 9.72. The Balaban J connectivity index is 2.00. The monoisotopic (exact) mass is 272 g/mol. The standard InChI is InChI=1S/C16H20N2O2/c1-4-20-16-10-7-14(11-17-16)18-12(2)13-5-8-15(19-3)9-6-13/h5-12,18H,4H2,1-3H3.